The molecule has 2 aromatic heterocycles. The molecule has 27 heavy (non-hydrogen) atoms. The Bertz CT molecular complexity index is 993. The first-order valence-electron chi connectivity index (χ1n) is 9.48. The van der Waals surface area contributed by atoms with Gasteiger partial charge in [-0.15, -0.1) is 0 Å². The van der Waals surface area contributed by atoms with Crippen molar-refractivity contribution >= 4 is 0 Å². The maximum Gasteiger partial charge on any atom is 0.276 e. The zero-order valence-corrected chi connectivity index (χ0v) is 16.4. The molecule has 0 radical (unpaired) electrons. The minimum atomic E-state index is 0.0608. The van der Waals surface area contributed by atoms with Crippen molar-refractivity contribution in [2.45, 2.75) is 46.2 Å². The largest absolute Gasteiger partial charge is 0.361 e. The fraction of sp³-hybridized carbons (Fsp3) is 0.429. The molecule has 3 aromatic rings. The van der Waals surface area contributed by atoms with Crippen molar-refractivity contribution < 1.29 is 4.52 Å². The van der Waals surface area contributed by atoms with Crippen molar-refractivity contribution in [1.29, 1.82) is 0 Å². The standard InChI is InChI=1S/C21H26N4O2/c1-14-20(16(3)27-22-14)19-11-8-12-24(19)13-18-15(2)23(4)25(21(18)26)17-9-6-5-7-10-17/h5-7,9-10,19H,8,11-13H2,1-4H3/t19-/m0/s1. The third-order valence-electron chi connectivity index (χ3n) is 5.82. The van der Waals surface area contributed by atoms with E-state index in [0.717, 1.165) is 47.8 Å². The van der Waals surface area contributed by atoms with Crippen molar-refractivity contribution in [1.82, 2.24) is 19.4 Å². The highest BCUT2D eigenvalue weighted by molar-refractivity contribution is 5.34. The van der Waals surface area contributed by atoms with Crippen LogP contribution < -0.4 is 5.56 Å². The molecule has 1 fully saturated rings. The van der Waals surface area contributed by atoms with Gasteiger partial charge in [-0.2, -0.15) is 0 Å². The molecule has 3 heterocycles. The van der Waals surface area contributed by atoms with Crippen LogP contribution in [0.15, 0.2) is 39.6 Å². The van der Waals surface area contributed by atoms with E-state index in [9.17, 15) is 4.79 Å². The summed E-state index contributed by atoms with van der Waals surface area (Å²) in [7, 11) is 1.95. The zero-order chi connectivity index (χ0) is 19.1. The molecule has 1 atom stereocenters. The molecule has 6 heteroatoms. The lowest BCUT2D eigenvalue weighted by Crippen LogP contribution is -2.28. The van der Waals surface area contributed by atoms with Gasteiger partial charge in [-0.25, -0.2) is 4.68 Å². The van der Waals surface area contributed by atoms with E-state index in [1.807, 2.05) is 62.8 Å². The first-order valence-corrected chi connectivity index (χ1v) is 9.48. The second-order valence-electron chi connectivity index (χ2n) is 7.41. The number of likely N-dealkylation sites (tertiary alicyclic amines) is 1. The summed E-state index contributed by atoms with van der Waals surface area (Å²) in [6, 6.07) is 10.1. The topological polar surface area (TPSA) is 56.2 Å². The van der Waals surface area contributed by atoms with E-state index in [2.05, 4.69) is 10.1 Å². The highest BCUT2D eigenvalue weighted by Crippen LogP contribution is 2.36. The van der Waals surface area contributed by atoms with Gasteiger partial charge in [0.1, 0.15) is 5.76 Å². The lowest BCUT2D eigenvalue weighted by Gasteiger charge is -2.24. The van der Waals surface area contributed by atoms with Crippen molar-refractivity contribution in [3.63, 3.8) is 0 Å². The summed E-state index contributed by atoms with van der Waals surface area (Å²) in [4.78, 5) is 15.6. The zero-order valence-electron chi connectivity index (χ0n) is 16.4. The van der Waals surface area contributed by atoms with Gasteiger partial charge in [-0.1, -0.05) is 23.4 Å². The highest BCUT2D eigenvalue weighted by atomic mass is 16.5. The minimum absolute atomic E-state index is 0.0608. The van der Waals surface area contributed by atoms with Crippen molar-refractivity contribution in [3.8, 4) is 5.69 Å². The van der Waals surface area contributed by atoms with E-state index >= 15 is 0 Å². The molecular formula is C21H26N4O2. The summed E-state index contributed by atoms with van der Waals surface area (Å²) in [6.45, 7) is 7.62. The van der Waals surface area contributed by atoms with E-state index < -0.39 is 0 Å². The Hall–Kier alpha value is -2.60. The molecular weight excluding hydrogens is 340 g/mol. The third-order valence-corrected chi connectivity index (χ3v) is 5.82. The molecule has 1 aliphatic heterocycles. The van der Waals surface area contributed by atoms with Crippen LogP contribution in [0.3, 0.4) is 0 Å². The van der Waals surface area contributed by atoms with Crippen LogP contribution in [0.4, 0.5) is 0 Å². The van der Waals surface area contributed by atoms with Gasteiger partial charge in [-0.05, 0) is 52.3 Å². The smallest absolute Gasteiger partial charge is 0.276 e. The fourth-order valence-electron chi connectivity index (χ4n) is 4.32. The molecule has 0 N–H and O–H groups in total. The van der Waals surface area contributed by atoms with E-state index in [1.165, 1.54) is 5.56 Å². The highest BCUT2D eigenvalue weighted by Gasteiger charge is 2.32. The van der Waals surface area contributed by atoms with Gasteiger partial charge in [-0.3, -0.25) is 14.4 Å². The fourth-order valence-corrected chi connectivity index (χ4v) is 4.32. The van der Waals surface area contributed by atoms with E-state index in [1.54, 1.807) is 4.68 Å². The van der Waals surface area contributed by atoms with Crippen molar-refractivity contribution in [2.75, 3.05) is 6.54 Å². The predicted molar refractivity (Wildman–Crippen MR) is 104 cm³/mol. The normalized spacial score (nSPS) is 17.7. The molecule has 0 spiro atoms. The monoisotopic (exact) mass is 366 g/mol. The average Bonchev–Trinajstić information content (AvgIpc) is 3.30. The Morgan fingerprint density at radius 3 is 2.59 bits per heavy atom. The van der Waals surface area contributed by atoms with Gasteiger partial charge in [0.05, 0.1) is 16.9 Å². The summed E-state index contributed by atoms with van der Waals surface area (Å²) in [6.07, 6.45) is 2.19. The number of rotatable bonds is 4. The van der Waals surface area contributed by atoms with Gasteiger partial charge < -0.3 is 4.52 Å². The second-order valence-corrected chi connectivity index (χ2v) is 7.41. The number of hydrogen-bond donors (Lipinski definition) is 0. The summed E-state index contributed by atoms with van der Waals surface area (Å²) in [5.41, 5.74) is 4.96. The van der Waals surface area contributed by atoms with Crippen LogP contribution in [0, 0.1) is 20.8 Å². The number of hydrogen-bond acceptors (Lipinski definition) is 4. The molecule has 4 rings (SSSR count). The Morgan fingerprint density at radius 1 is 1.19 bits per heavy atom. The Kier molecular flexibility index (Phi) is 4.52. The maximum atomic E-state index is 13.2. The van der Waals surface area contributed by atoms with Gasteiger partial charge in [0.25, 0.3) is 5.56 Å². The number of para-hydroxylation sites is 1. The lowest BCUT2D eigenvalue weighted by molar-refractivity contribution is 0.244. The first kappa shape index (κ1) is 17.8. The van der Waals surface area contributed by atoms with Crippen LogP contribution >= 0.6 is 0 Å². The molecule has 0 saturated carbocycles. The maximum absolute atomic E-state index is 13.2. The van der Waals surface area contributed by atoms with E-state index in [-0.39, 0.29) is 11.6 Å². The summed E-state index contributed by atoms with van der Waals surface area (Å²) >= 11 is 0. The van der Waals surface area contributed by atoms with Gasteiger partial charge in [0, 0.05) is 30.9 Å². The van der Waals surface area contributed by atoms with Gasteiger partial charge in [0.2, 0.25) is 0 Å². The predicted octanol–water partition coefficient (Wildman–Crippen LogP) is 3.43. The molecule has 0 bridgehead atoms. The molecule has 0 unspecified atom stereocenters. The van der Waals surface area contributed by atoms with E-state index in [0.29, 0.717) is 6.54 Å². The Morgan fingerprint density at radius 2 is 1.93 bits per heavy atom. The van der Waals surface area contributed by atoms with Crippen LogP contribution in [0.2, 0.25) is 0 Å². The molecule has 0 aliphatic carbocycles. The SMILES string of the molecule is Cc1noc(C)c1[C@@H]1CCCN1Cc1c(C)n(C)n(-c2ccccc2)c1=O. The van der Waals surface area contributed by atoms with Crippen LogP contribution in [-0.4, -0.2) is 26.0 Å². The van der Waals surface area contributed by atoms with Gasteiger partial charge in [0.15, 0.2) is 0 Å². The van der Waals surface area contributed by atoms with Crippen LogP contribution in [0.5, 0.6) is 0 Å². The minimum Gasteiger partial charge on any atom is -0.361 e. The number of aryl methyl sites for hydroxylation is 2. The molecule has 0 amide bonds. The van der Waals surface area contributed by atoms with Gasteiger partial charge >= 0.3 is 0 Å². The number of nitrogens with zero attached hydrogens (tertiary/aromatic N) is 4. The number of aromatic nitrogens is 3. The average molecular weight is 366 g/mol. The summed E-state index contributed by atoms with van der Waals surface area (Å²) in [5.74, 6) is 0.885. The van der Waals surface area contributed by atoms with Crippen LogP contribution in [0.1, 0.15) is 47.2 Å². The van der Waals surface area contributed by atoms with Crippen LogP contribution in [-0.2, 0) is 13.6 Å². The molecule has 142 valence electrons. The van der Waals surface area contributed by atoms with Crippen molar-refractivity contribution in [3.05, 3.63) is 69.0 Å². The number of benzene rings is 1. The van der Waals surface area contributed by atoms with E-state index in [4.69, 9.17) is 4.52 Å². The quantitative estimate of drug-likeness (QED) is 0.710. The second kappa shape index (κ2) is 6.85. The molecule has 1 aromatic carbocycles. The Balaban J connectivity index is 1.70. The summed E-state index contributed by atoms with van der Waals surface area (Å²) in [5, 5.41) is 4.12. The Labute approximate surface area is 159 Å². The van der Waals surface area contributed by atoms with Crippen molar-refractivity contribution in [2.24, 2.45) is 7.05 Å². The lowest BCUT2D eigenvalue weighted by atomic mass is 10.0. The molecule has 1 saturated heterocycles. The third kappa shape index (κ3) is 2.94. The van der Waals surface area contributed by atoms with Crippen LogP contribution in [0.25, 0.3) is 5.69 Å². The summed E-state index contributed by atoms with van der Waals surface area (Å²) < 4.78 is 9.10. The first-order chi connectivity index (χ1) is 13.0. The molecule has 6 nitrogen and oxygen atoms in total. The molecule has 1 aliphatic rings.